The molecule has 0 atom stereocenters. The number of methoxy groups -OCH3 is 1. The number of unbranched alkanes of at least 4 members (excludes halogenated alkanes) is 2. The Morgan fingerprint density at radius 1 is 1.19 bits per heavy atom. The van der Waals surface area contributed by atoms with Gasteiger partial charge in [0.2, 0.25) is 0 Å². The Kier molecular flexibility index (Phi) is 9.53. The number of nitrogens with one attached hydrogen (secondary N) is 1. The standard InChI is InChI=1S/C19H25NO6/c1-4-9-26-19(23)20-16-12-18(17(24-3)11-15(16)13-21)25-10-7-5-6-8-14(2)22/h4,11-13H,1,5-10H2,2-3H3,(H,20,23). The summed E-state index contributed by atoms with van der Waals surface area (Å²) < 4.78 is 15.8. The number of amides is 1. The quantitative estimate of drug-likeness (QED) is 0.345. The van der Waals surface area contributed by atoms with Crippen LogP contribution in [0, 0.1) is 0 Å². The first kappa shape index (κ1) is 21.2. The van der Waals surface area contributed by atoms with Crippen LogP contribution >= 0.6 is 0 Å². The van der Waals surface area contributed by atoms with Gasteiger partial charge in [-0.2, -0.15) is 0 Å². The summed E-state index contributed by atoms with van der Waals surface area (Å²) in [6, 6.07) is 3.01. The van der Waals surface area contributed by atoms with Crippen molar-refractivity contribution in [1.82, 2.24) is 0 Å². The van der Waals surface area contributed by atoms with Crippen LogP contribution in [0.5, 0.6) is 11.5 Å². The summed E-state index contributed by atoms with van der Waals surface area (Å²) in [5, 5.41) is 2.50. The zero-order valence-corrected chi connectivity index (χ0v) is 15.2. The van der Waals surface area contributed by atoms with E-state index in [0.29, 0.717) is 30.8 Å². The lowest BCUT2D eigenvalue weighted by atomic mass is 10.1. The largest absolute Gasteiger partial charge is 0.493 e. The van der Waals surface area contributed by atoms with E-state index in [2.05, 4.69) is 11.9 Å². The predicted octanol–water partition coefficient (Wildman–Crippen LogP) is 3.77. The maximum atomic E-state index is 11.7. The summed E-state index contributed by atoms with van der Waals surface area (Å²) in [6.45, 7) is 5.52. The fraction of sp³-hybridized carbons (Fsp3) is 0.421. The number of ether oxygens (including phenoxy) is 3. The number of carbonyl (C=O) groups excluding carboxylic acids is 3. The third-order valence-electron chi connectivity index (χ3n) is 3.46. The molecule has 142 valence electrons. The highest BCUT2D eigenvalue weighted by Crippen LogP contribution is 2.33. The molecule has 0 unspecified atom stereocenters. The van der Waals surface area contributed by atoms with Crippen molar-refractivity contribution in [3.05, 3.63) is 30.4 Å². The molecule has 26 heavy (non-hydrogen) atoms. The van der Waals surface area contributed by atoms with E-state index in [0.717, 1.165) is 19.3 Å². The minimum atomic E-state index is -0.701. The summed E-state index contributed by atoms with van der Waals surface area (Å²) in [5.74, 6) is 0.973. The number of benzene rings is 1. The van der Waals surface area contributed by atoms with Crippen molar-refractivity contribution in [3.8, 4) is 11.5 Å². The Morgan fingerprint density at radius 2 is 1.96 bits per heavy atom. The number of rotatable bonds is 12. The highest BCUT2D eigenvalue weighted by molar-refractivity contribution is 5.94. The molecule has 7 heteroatoms. The molecular weight excluding hydrogens is 338 g/mol. The van der Waals surface area contributed by atoms with Crippen molar-refractivity contribution >= 4 is 23.9 Å². The van der Waals surface area contributed by atoms with Crippen LogP contribution in [-0.4, -0.2) is 38.5 Å². The van der Waals surface area contributed by atoms with Gasteiger partial charge >= 0.3 is 6.09 Å². The molecule has 0 spiro atoms. The molecule has 1 amide bonds. The smallest absolute Gasteiger partial charge is 0.411 e. The average Bonchev–Trinajstić information content (AvgIpc) is 2.62. The highest BCUT2D eigenvalue weighted by atomic mass is 16.5. The summed E-state index contributed by atoms with van der Waals surface area (Å²) in [7, 11) is 1.47. The first-order valence-electron chi connectivity index (χ1n) is 8.36. The average molecular weight is 363 g/mol. The Bertz CT molecular complexity index is 641. The van der Waals surface area contributed by atoms with Crippen LogP contribution in [0.15, 0.2) is 24.8 Å². The number of hydrogen-bond acceptors (Lipinski definition) is 6. The fourth-order valence-corrected chi connectivity index (χ4v) is 2.17. The molecule has 0 saturated carbocycles. The predicted molar refractivity (Wildman–Crippen MR) is 98.2 cm³/mol. The van der Waals surface area contributed by atoms with Gasteiger partial charge in [0, 0.05) is 18.1 Å². The fourth-order valence-electron chi connectivity index (χ4n) is 2.17. The van der Waals surface area contributed by atoms with Gasteiger partial charge in [-0.15, -0.1) is 0 Å². The lowest BCUT2D eigenvalue weighted by molar-refractivity contribution is -0.117. The Labute approximate surface area is 153 Å². The molecule has 0 heterocycles. The molecule has 1 rings (SSSR count). The highest BCUT2D eigenvalue weighted by Gasteiger charge is 2.14. The number of Topliss-reactive ketones (excluding diaryl/α,β-unsaturated/α-hetero) is 1. The molecule has 0 bridgehead atoms. The van der Waals surface area contributed by atoms with E-state index in [1.807, 2.05) is 0 Å². The van der Waals surface area contributed by atoms with Crippen LogP contribution in [0.3, 0.4) is 0 Å². The summed E-state index contributed by atoms with van der Waals surface area (Å²) in [4.78, 5) is 33.9. The van der Waals surface area contributed by atoms with E-state index in [9.17, 15) is 14.4 Å². The number of carbonyl (C=O) groups is 3. The van der Waals surface area contributed by atoms with Gasteiger partial charge in [0.25, 0.3) is 0 Å². The maximum absolute atomic E-state index is 11.7. The normalized spacial score (nSPS) is 9.92. The molecule has 1 aromatic rings. The van der Waals surface area contributed by atoms with Gasteiger partial charge in [-0.05, 0) is 32.3 Å². The van der Waals surface area contributed by atoms with E-state index in [1.54, 1.807) is 6.92 Å². The van der Waals surface area contributed by atoms with Crippen molar-refractivity contribution in [2.75, 3.05) is 25.6 Å². The van der Waals surface area contributed by atoms with E-state index >= 15 is 0 Å². The third kappa shape index (κ3) is 7.38. The lowest BCUT2D eigenvalue weighted by Gasteiger charge is -2.14. The second-order valence-corrected chi connectivity index (χ2v) is 5.58. The summed E-state index contributed by atoms with van der Waals surface area (Å²) in [5.41, 5.74) is 0.507. The van der Waals surface area contributed by atoms with Gasteiger partial charge in [0.15, 0.2) is 17.8 Å². The van der Waals surface area contributed by atoms with Gasteiger partial charge < -0.3 is 19.0 Å². The number of anilines is 1. The molecule has 0 radical (unpaired) electrons. The van der Waals surface area contributed by atoms with Crippen LogP contribution < -0.4 is 14.8 Å². The van der Waals surface area contributed by atoms with Gasteiger partial charge in [-0.25, -0.2) is 4.79 Å². The molecular formula is C19H25NO6. The van der Waals surface area contributed by atoms with Crippen molar-refractivity contribution < 1.29 is 28.6 Å². The Hall–Kier alpha value is -2.83. The van der Waals surface area contributed by atoms with Crippen LogP contribution in [0.4, 0.5) is 10.5 Å². The van der Waals surface area contributed by atoms with E-state index in [1.165, 1.54) is 25.3 Å². The first-order valence-corrected chi connectivity index (χ1v) is 8.36. The van der Waals surface area contributed by atoms with Crippen LogP contribution in [0.2, 0.25) is 0 Å². The Morgan fingerprint density at radius 3 is 2.58 bits per heavy atom. The van der Waals surface area contributed by atoms with Gasteiger partial charge in [0.1, 0.15) is 12.4 Å². The molecule has 0 saturated heterocycles. The SMILES string of the molecule is C=CCOC(=O)Nc1cc(OCCCCCC(C)=O)c(OC)cc1C=O. The van der Waals surface area contributed by atoms with Gasteiger partial charge in [-0.3, -0.25) is 10.1 Å². The second-order valence-electron chi connectivity index (χ2n) is 5.58. The zero-order valence-electron chi connectivity index (χ0n) is 15.2. The lowest BCUT2D eigenvalue weighted by Crippen LogP contribution is -2.15. The molecule has 0 aliphatic rings. The molecule has 7 nitrogen and oxygen atoms in total. The molecule has 1 aromatic carbocycles. The minimum absolute atomic E-state index is 0.0576. The molecule has 0 aliphatic carbocycles. The molecule has 0 aliphatic heterocycles. The third-order valence-corrected chi connectivity index (χ3v) is 3.46. The van der Waals surface area contributed by atoms with E-state index in [4.69, 9.17) is 14.2 Å². The van der Waals surface area contributed by atoms with Crippen LogP contribution in [0.1, 0.15) is 43.0 Å². The van der Waals surface area contributed by atoms with Crippen molar-refractivity contribution in [2.45, 2.75) is 32.6 Å². The van der Waals surface area contributed by atoms with Gasteiger partial charge in [-0.1, -0.05) is 12.7 Å². The number of hydrogen-bond donors (Lipinski definition) is 1. The number of aldehydes is 1. The number of ketones is 1. The molecule has 0 fully saturated rings. The molecule has 1 N–H and O–H groups in total. The van der Waals surface area contributed by atoms with E-state index in [-0.39, 0.29) is 23.6 Å². The van der Waals surface area contributed by atoms with Crippen molar-refractivity contribution in [3.63, 3.8) is 0 Å². The Balaban J connectivity index is 2.74. The van der Waals surface area contributed by atoms with E-state index < -0.39 is 6.09 Å². The van der Waals surface area contributed by atoms with Crippen LogP contribution in [0.25, 0.3) is 0 Å². The summed E-state index contributed by atoms with van der Waals surface area (Å²) in [6.07, 6.45) is 4.38. The second kappa shape index (κ2) is 11.7. The first-order chi connectivity index (χ1) is 12.5. The maximum Gasteiger partial charge on any atom is 0.411 e. The molecule has 0 aromatic heterocycles. The summed E-state index contributed by atoms with van der Waals surface area (Å²) >= 11 is 0. The van der Waals surface area contributed by atoms with Gasteiger partial charge in [0.05, 0.1) is 19.4 Å². The van der Waals surface area contributed by atoms with Crippen molar-refractivity contribution in [1.29, 1.82) is 0 Å². The van der Waals surface area contributed by atoms with Crippen LogP contribution in [-0.2, 0) is 9.53 Å². The minimum Gasteiger partial charge on any atom is -0.493 e. The monoisotopic (exact) mass is 363 g/mol. The zero-order chi connectivity index (χ0) is 19.4. The van der Waals surface area contributed by atoms with Crippen molar-refractivity contribution in [2.24, 2.45) is 0 Å². The topological polar surface area (TPSA) is 90.9 Å².